The topological polar surface area (TPSA) is 160 Å². The van der Waals surface area contributed by atoms with Gasteiger partial charge in [0.1, 0.15) is 12.3 Å². The first kappa shape index (κ1) is 18.0. The molecule has 0 saturated heterocycles. The Hall–Kier alpha value is -2.34. The normalized spacial score (nSPS) is 16.6. The summed E-state index contributed by atoms with van der Waals surface area (Å²) in [5, 5.41) is 30.4. The van der Waals surface area contributed by atoms with E-state index in [0.29, 0.717) is 0 Å². The fourth-order valence-electron chi connectivity index (χ4n) is 2.02. The van der Waals surface area contributed by atoms with Crippen molar-refractivity contribution in [3.63, 3.8) is 0 Å². The van der Waals surface area contributed by atoms with Crippen LogP contribution in [-0.4, -0.2) is 42.1 Å². The Morgan fingerprint density at radius 2 is 1.08 bits per heavy atom. The quantitative estimate of drug-likeness (QED) is 0.297. The van der Waals surface area contributed by atoms with E-state index < -0.39 is 24.8 Å². The van der Waals surface area contributed by atoms with Crippen LogP contribution < -0.4 is 22.3 Å². The molecule has 0 bridgehead atoms. The molecule has 2 heterocycles. The van der Waals surface area contributed by atoms with Crippen molar-refractivity contribution >= 4 is 0 Å². The van der Waals surface area contributed by atoms with Crippen molar-refractivity contribution in [3.05, 3.63) is 69.5 Å². The molecule has 4 atom stereocenters. The Bertz CT molecular complexity index is 685. The Morgan fingerprint density at radius 3 is 1.38 bits per heavy atom. The lowest BCUT2D eigenvalue weighted by Crippen LogP contribution is -2.52. The van der Waals surface area contributed by atoms with E-state index in [0.717, 1.165) is 0 Å². The SMILES string of the molecule is NC(C(O)N(O)C(O)C(N)n1ccc(=O)cc1)n1ccc(=O)cc1. The molecule has 24 heavy (non-hydrogen) atoms. The second kappa shape index (κ2) is 7.49. The van der Waals surface area contributed by atoms with E-state index in [-0.39, 0.29) is 15.9 Å². The van der Waals surface area contributed by atoms with Crippen molar-refractivity contribution in [2.45, 2.75) is 24.8 Å². The lowest BCUT2D eigenvalue weighted by atomic mass is 10.3. The van der Waals surface area contributed by atoms with Crippen LogP contribution in [0.4, 0.5) is 0 Å². The number of nitrogens with zero attached hydrogens (tertiary/aromatic N) is 3. The number of hydrogen-bond acceptors (Lipinski definition) is 8. The van der Waals surface area contributed by atoms with Gasteiger partial charge in [0, 0.05) is 49.1 Å². The summed E-state index contributed by atoms with van der Waals surface area (Å²) in [6.07, 6.45) is -0.453. The summed E-state index contributed by atoms with van der Waals surface area (Å²) in [5.74, 6) is 0. The summed E-state index contributed by atoms with van der Waals surface area (Å²) >= 11 is 0. The van der Waals surface area contributed by atoms with E-state index in [1.165, 1.54) is 58.2 Å². The maximum atomic E-state index is 11.1. The van der Waals surface area contributed by atoms with Gasteiger partial charge >= 0.3 is 0 Å². The number of hydrogen-bond donors (Lipinski definition) is 5. The average Bonchev–Trinajstić information content (AvgIpc) is 2.60. The molecule has 0 aliphatic heterocycles. The first-order chi connectivity index (χ1) is 11.3. The third-order valence-electron chi connectivity index (χ3n) is 3.49. The van der Waals surface area contributed by atoms with Gasteiger partial charge in [-0.05, 0) is 0 Å². The smallest absolute Gasteiger partial charge is 0.181 e. The predicted molar refractivity (Wildman–Crippen MR) is 83.5 cm³/mol. The van der Waals surface area contributed by atoms with E-state index in [1.807, 2.05) is 0 Å². The van der Waals surface area contributed by atoms with E-state index in [9.17, 15) is 25.0 Å². The number of aromatic nitrogens is 2. The van der Waals surface area contributed by atoms with E-state index in [4.69, 9.17) is 11.5 Å². The lowest BCUT2D eigenvalue weighted by molar-refractivity contribution is -0.289. The molecule has 130 valence electrons. The molecular formula is C14H19N5O5. The van der Waals surface area contributed by atoms with Crippen LogP contribution in [0.2, 0.25) is 0 Å². The Kier molecular flexibility index (Phi) is 5.62. The van der Waals surface area contributed by atoms with Gasteiger partial charge in [-0.2, -0.15) is 0 Å². The zero-order valence-corrected chi connectivity index (χ0v) is 12.6. The highest BCUT2D eigenvalue weighted by Crippen LogP contribution is 2.14. The Labute approximate surface area is 136 Å². The highest BCUT2D eigenvalue weighted by molar-refractivity contribution is 4.97. The van der Waals surface area contributed by atoms with Crippen LogP contribution in [0.3, 0.4) is 0 Å². The molecule has 0 aliphatic rings. The van der Waals surface area contributed by atoms with Crippen LogP contribution in [0.15, 0.2) is 58.6 Å². The molecule has 2 aromatic heterocycles. The monoisotopic (exact) mass is 337 g/mol. The van der Waals surface area contributed by atoms with E-state index >= 15 is 0 Å². The fourth-order valence-corrected chi connectivity index (χ4v) is 2.02. The molecule has 0 aromatic carbocycles. The van der Waals surface area contributed by atoms with Crippen molar-refractivity contribution in [1.82, 2.24) is 14.2 Å². The minimum atomic E-state index is -1.71. The largest absolute Gasteiger partial charge is 0.373 e. The van der Waals surface area contributed by atoms with Crippen molar-refractivity contribution < 1.29 is 15.4 Å². The highest BCUT2D eigenvalue weighted by Gasteiger charge is 2.31. The molecule has 0 amide bonds. The molecule has 4 unspecified atom stereocenters. The van der Waals surface area contributed by atoms with Gasteiger partial charge in [-0.3, -0.25) is 9.59 Å². The lowest BCUT2D eigenvalue weighted by Gasteiger charge is -2.33. The van der Waals surface area contributed by atoms with Crippen LogP contribution in [-0.2, 0) is 0 Å². The molecule has 0 spiro atoms. The molecule has 7 N–H and O–H groups in total. The first-order valence-electron chi connectivity index (χ1n) is 7.01. The molecule has 2 aromatic rings. The number of nitrogens with two attached hydrogens (primary N) is 2. The van der Waals surface area contributed by atoms with Crippen molar-refractivity contribution in [1.29, 1.82) is 0 Å². The highest BCUT2D eigenvalue weighted by atomic mass is 16.6. The maximum Gasteiger partial charge on any atom is 0.181 e. The second-order valence-corrected chi connectivity index (χ2v) is 5.15. The number of aliphatic hydroxyl groups is 2. The van der Waals surface area contributed by atoms with Crippen LogP contribution in [0.25, 0.3) is 0 Å². The summed E-state index contributed by atoms with van der Waals surface area (Å²) in [5.41, 5.74) is 11.1. The molecular weight excluding hydrogens is 318 g/mol. The summed E-state index contributed by atoms with van der Waals surface area (Å²) < 4.78 is 2.57. The zero-order valence-electron chi connectivity index (χ0n) is 12.6. The van der Waals surface area contributed by atoms with E-state index in [1.54, 1.807) is 0 Å². The number of aliphatic hydroxyl groups excluding tert-OH is 2. The second-order valence-electron chi connectivity index (χ2n) is 5.15. The molecule has 2 rings (SSSR count). The average molecular weight is 337 g/mol. The number of pyridine rings is 2. The maximum absolute atomic E-state index is 11.1. The fraction of sp³-hybridized carbons (Fsp3) is 0.286. The van der Waals surface area contributed by atoms with Gasteiger partial charge in [-0.25, -0.2) is 0 Å². The third-order valence-corrected chi connectivity index (χ3v) is 3.49. The summed E-state index contributed by atoms with van der Waals surface area (Å²) in [4.78, 5) is 22.1. The minimum absolute atomic E-state index is 0.200. The van der Waals surface area contributed by atoms with Gasteiger partial charge in [0.25, 0.3) is 0 Å². The number of rotatable bonds is 6. The first-order valence-corrected chi connectivity index (χ1v) is 7.01. The van der Waals surface area contributed by atoms with Crippen LogP contribution >= 0.6 is 0 Å². The van der Waals surface area contributed by atoms with Gasteiger partial charge in [-0.1, -0.05) is 0 Å². The number of hydroxylamine groups is 2. The summed E-state index contributed by atoms with van der Waals surface area (Å²) in [6.45, 7) is 0. The van der Waals surface area contributed by atoms with Gasteiger partial charge < -0.3 is 36.0 Å². The Balaban J connectivity index is 2.11. The van der Waals surface area contributed by atoms with Gasteiger partial charge in [0.15, 0.2) is 23.3 Å². The Morgan fingerprint density at radius 1 is 0.792 bits per heavy atom. The summed E-state index contributed by atoms with van der Waals surface area (Å²) in [7, 11) is 0. The van der Waals surface area contributed by atoms with Crippen LogP contribution in [0.5, 0.6) is 0 Å². The van der Waals surface area contributed by atoms with Crippen LogP contribution in [0, 0.1) is 0 Å². The molecule has 0 saturated carbocycles. The molecule has 0 aliphatic carbocycles. The van der Waals surface area contributed by atoms with Gasteiger partial charge in [-0.15, -0.1) is 5.06 Å². The zero-order chi connectivity index (χ0) is 17.9. The van der Waals surface area contributed by atoms with Crippen molar-refractivity contribution in [2.24, 2.45) is 11.5 Å². The summed E-state index contributed by atoms with van der Waals surface area (Å²) in [6, 6.07) is 4.93. The molecule has 0 radical (unpaired) electrons. The third kappa shape index (κ3) is 3.94. The minimum Gasteiger partial charge on any atom is -0.373 e. The standard InChI is InChI=1S/C14H19N5O5/c15-11(17-5-1-9(20)2-6-17)13(22)19(24)14(23)12(16)18-7-3-10(21)4-8-18/h1-8,11-14,22-24H,15-16H2. The van der Waals surface area contributed by atoms with Crippen molar-refractivity contribution in [3.8, 4) is 0 Å². The van der Waals surface area contributed by atoms with Crippen LogP contribution in [0.1, 0.15) is 12.3 Å². The van der Waals surface area contributed by atoms with Crippen molar-refractivity contribution in [2.75, 3.05) is 0 Å². The molecule has 10 heteroatoms. The van der Waals surface area contributed by atoms with E-state index in [2.05, 4.69) is 0 Å². The van der Waals surface area contributed by atoms with Gasteiger partial charge in [0.2, 0.25) is 0 Å². The predicted octanol–water partition coefficient (Wildman–Crippen LogP) is -2.05. The van der Waals surface area contributed by atoms with Gasteiger partial charge in [0.05, 0.1) is 0 Å². The molecule has 0 fully saturated rings. The molecule has 10 nitrogen and oxygen atoms in total.